The van der Waals surface area contributed by atoms with E-state index in [-0.39, 0.29) is 35.6 Å². The molecule has 272 valence electrons. The number of alkyl halides is 3. The molecule has 0 fully saturated rings. The van der Waals surface area contributed by atoms with Crippen LogP contribution >= 0.6 is 0 Å². The van der Waals surface area contributed by atoms with Crippen molar-refractivity contribution in [2.75, 3.05) is 13.7 Å². The molecule has 0 spiro atoms. The number of benzene rings is 5. The van der Waals surface area contributed by atoms with Crippen molar-refractivity contribution < 1.29 is 42.2 Å². The second-order valence-electron chi connectivity index (χ2n) is 12.7. The molecule has 0 bridgehead atoms. The number of aryl methyl sites for hydroxylation is 1. The predicted molar refractivity (Wildman–Crippen MR) is 194 cm³/mol. The lowest BCUT2D eigenvalue weighted by Gasteiger charge is -2.21. The Bertz CT molecular complexity index is 2090. The van der Waals surface area contributed by atoms with E-state index in [0.717, 1.165) is 27.7 Å². The fraction of sp³-hybridized carbons (Fsp3) is 0.190. The Morgan fingerprint density at radius 2 is 1.32 bits per heavy atom. The van der Waals surface area contributed by atoms with Crippen molar-refractivity contribution in [3.8, 4) is 16.9 Å². The molecule has 0 radical (unpaired) electrons. The number of ether oxygens (including phenoxy) is 1. The average Bonchev–Trinajstić information content (AvgIpc) is 3.14. The van der Waals surface area contributed by atoms with E-state index < -0.39 is 48.4 Å². The van der Waals surface area contributed by atoms with Crippen LogP contribution in [-0.2, 0) is 35.2 Å². The lowest BCUT2D eigenvalue weighted by molar-refractivity contribution is -0.139. The molecule has 53 heavy (non-hydrogen) atoms. The summed E-state index contributed by atoms with van der Waals surface area (Å²) < 4.78 is 45.6. The van der Waals surface area contributed by atoms with Crippen molar-refractivity contribution in [2.45, 2.75) is 38.5 Å². The number of aliphatic carboxylic acids is 1. The normalized spacial score (nSPS) is 11.8. The number of nitrogens with zero attached hydrogens (tertiary/aromatic N) is 1. The summed E-state index contributed by atoms with van der Waals surface area (Å²) in [4.78, 5) is 52.2. The van der Waals surface area contributed by atoms with Gasteiger partial charge in [0.05, 0.1) is 18.7 Å². The van der Waals surface area contributed by atoms with Crippen LogP contribution in [0.1, 0.15) is 60.1 Å². The van der Waals surface area contributed by atoms with Crippen LogP contribution < -0.4 is 10.5 Å². The molecule has 0 saturated heterocycles. The Morgan fingerprint density at radius 3 is 1.89 bits per heavy atom. The van der Waals surface area contributed by atoms with E-state index in [0.29, 0.717) is 22.3 Å². The third kappa shape index (κ3) is 9.84. The number of carbonyl (C=O) groups is 4. The van der Waals surface area contributed by atoms with Crippen molar-refractivity contribution >= 4 is 23.4 Å². The molecular weight excluding hydrogens is 685 g/mol. The summed E-state index contributed by atoms with van der Waals surface area (Å²) in [5.41, 5.74) is 10.6. The van der Waals surface area contributed by atoms with Gasteiger partial charge < -0.3 is 20.5 Å². The summed E-state index contributed by atoms with van der Waals surface area (Å²) in [5, 5.41) is 9.53. The molecule has 1 amide bonds. The van der Waals surface area contributed by atoms with E-state index in [4.69, 9.17) is 10.5 Å². The Balaban J connectivity index is 1.21. The Labute approximate surface area is 304 Å². The van der Waals surface area contributed by atoms with E-state index in [9.17, 15) is 37.5 Å². The number of Topliss-reactive ketones (excluding diaryl/α,β-unsaturated/α-hetero) is 2. The SMILES string of the molecule is COc1ccc(CC(=O)Cc2ccc(C(=O)N(CC(=O)O)Cc3ccc(C(=O)C(N)c4ccc(-c5ccc(C)cc5)cc4)cc3)cc2)c(C(F)(F)F)c1. The topological polar surface area (TPSA) is 127 Å². The van der Waals surface area contributed by atoms with Gasteiger partial charge in [0.2, 0.25) is 0 Å². The Hall–Kier alpha value is -6.07. The van der Waals surface area contributed by atoms with E-state index >= 15 is 0 Å². The third-order valence-electron chi connectivity index (χ3n) is 8.77. The molecule has 3 N–H and O–H groups in total. The summed E-state index contributed by atoms with van der Waals surface area (Å²) in [7, 11) is 1.25. The van der Waals surface area contributed by atoms with Crippen molar-refractivity contribution in [3.05, 3.63) is 160 Å². The number of carboxylic acids is 1. The minimum absolute atomic E-state index is 0.0227. The van der Waals surface area contributed by atoms with Gasteiger partial charge in [0.1, 0.15) is 18.1 Å². The number of amides is 1. The first-order chi connectivity index (χ1) is 25.2. The number of ketones is 2. The number of carbonyl (C=O) groups excluding carboxylic acids is 3. The van der Waals surface area contributed by atoms with Crippen molar-refractivity contribution in [3.63, 3.8) is 0 Å². The smallest absolute Gasteiger partial charge is 0.416 e. The minimum atomic E-state index is -4.67. The number of carboxylic acid groups (broad SMARTS) is 1. The molecule has 0 aliphatic carbocycles. The number of rotatable bonds is 14. The minimum Gasteiger partial charge on any atom is -0.497 e. The second kappa shape index (κ2) is 16.5. The van der Waals surface area contributed by atoms with Gasteiger partial charge >= 0.3 is 12.1 Å². The van der Waals surface area contributed by atoms with Crippen LogP contribution in [0.3, 0.4) is 0 Å². The summed E-state index contributed by atoms with van der Waals surface area (Å²) in [6.07, 6.45) is -5.30. The Kier molecular flexibility index (Phi) is 11.9. The van der Waals surface area contributed by atoms with Gasteiger partial charge in [0.15, 0.2) is 5.78 Å². The number of methoxy groups -OCH3 is 1. The van der Waals surface area contributed by atoms with E-state index in [1.807, 2.05) is 55.5 Å². The molecule has 11 heteroatoms. The van der Waals surface area contributed by atoms with Gasteiger partial charge in [-0.15, -0.1) is 0 Å². The van der Waals surface area contributed by atoms with Gasteiger partial charge in [-0.05, 0) is 64.6 Å². The largest absolute Gasteiger partial charge is 0.497 e. The maximum Gasteiger partial charge on any atom is 0.416 e. The summed E-state index contributed by atoms with van der Waals surface area (Å²) in [6.45, 7) is 1.34. The van der Waals surface area contributed by atoms with Gasteiger partial charge in [-0.2, -0.15) is 13.2 Å². The number of halogens is 3. The number of hydrogen-bond acceptors (Lipinski definition) is 6. The van der Waals surface area contributed by atoms with Crippen LogP contribution in [-0.4, -0.2) is 47.1 Å². The lowest BCUT2D eigenvalue weighted by atomic mass is 9.95. The molecule has 0 aromatic heterocycles. The van der Waals surface area contributed by atoms with Gasteiger partial charge in [-0.25, -0.2) is 0 Å². The molecular formula is C42H37F3N2O6. The van der Waals surface area contributed by atoms with Gasteiger partial charge in [-0.3, -0.25) is 19.2 Å². The fourth-order valence-electron chi connectivity index (χ4n) is 5.87. The zero-order valence-corrected chi connectivity index (χ0v) is 29.0. The van der Waals surface area contributed by atoms with Crippen LogP contribution in [0.2, 0.25) is 0 Å². The van der Waals surface area contributed by atoms with Crippen LogP contribution in [0, 0.1) is 6.92 Å². The van der Waals surface area contributed by atoms with Gasteiger partial charge in [-0.1, -0.05) is 96.6 Å². The van der Waals surface area contributed by atoms with Crippen LogP contribution in [0.25, 0.3) is 11.1 Å². The van der Waals surface area contributed by atoms with E-state index in [1.165, 1.54) is 43.5 Å². The van der Waals surface area contributed by atoms with Crippen LogP contribution in [0.4, 0.5) is 13.2 Å². The molecule has 5 aromatic rings. The quantitative estimate of drug-likeness (QED) is 0.113. The standard InChI is InChI=1S/C42H37F3N2O6/c1-26-3-9-29(10-4-26)30-15-17-31(18-16-30)39(46)40(51)32-11-7-28(8-12-32)24-47(25-38(49)50)41(52)33-13-5-27(6-14-33)21-35(48)22-34-19-20-36(53-2)23-37(34)42(43,44)45/h3-20,23,39H,21-22,24-25,46H2,1-2H3,(H,49,50). The average molecular weight is 723 g/mol. The van der Waals surface area contributed by atoms with Crippen molar-refractivity contribution in [1.82, 2.24) is 4.90 Å². The molecule has 0 aliphatic heterocycles. The number of nitrogens with two attached hydrogens (primary N) is 1. The zero-order chi connectivity index (χ0) is 38.3. The van der Waals surface area contributed by atoms with Crippen molar-refractivity contribution in [2.24, 2.45) is 5.73 Å². The maximum absolute atomic E-state index is 13.6. The van der Waals surface area contributed by atoms with E-state index in [1.54, 1.807) is 24.3 Å². The zero-order valence-electron chi connectivity index (χ0n) is 29.0. The monoisotopic (exact) mass is 722 g/mol. The lowest BCUT2D eigenvalue weighted by Crippen LogP contribution is -2.35. The van der Waals surface area contributed by atoms with Crippen molar-refractivity contribution in [1.29, 1.82) is 0 Å². The molecule has 5 aromatic carbocycles. The highest BCUT2D eigenvalue weighted by Crippen LogP contribution is 2.35. The maximum atomic E-state index is 13.6. The molecule has 1 atom stereocenters. The molecule has 0 heterocycles. The van der Waals surface area contributed by atoms with E-state index in [2.05, 4.69) is 0 Å². The highest BCUT2D eigenvalue weighted by molar-refractivity contribution is 6.00. The third-order valence-corrected chi connectivity index (χ3v) is 8.77. The summed E-state index contributed by atoms with van der Waals surface area (Å²) in [6, 6.07) is 30.4. The molecule has 0 saturated carbocycles. The first-order valence-electron chi connectivity index (χ1n) is 16.6. The predicted octanol–water partition coefficient (Wildman–Crippen LogP) is 7.65. The van der Waals surface area contributed by atoms with Gasteiger partial charge in [0, 0.05) is 30.5 Å². The summed E-state index contributed by atoms with van der Waals surface area (Å²) in [5.74, 6) is -2.57. The molecule has 8 nitrogen and oxygen atoms in total. The number of hydrogen-bond donors (Lipinski definition) is 2. The van der Waals surface area contributed by atoms with Crippen LogP contribution in [0.5, 0.6) is 5.75 Å². The fourth-order valence-corrected chi connectivity index (χ4v) is 5.87. The molecule has 1 unspecified atom stereocenters. The first-order valence-corrected chi connectivity index (χ1v) is 16.6. The second-order valence-corrected chi connectivity index (χ2v) is 12.7. The Morgan fingerprint density at radius 1 is 0.755 bits per heavy atom. The van der Waals surface area contributed by atoms with Gasteiger partial charge in [0.25, 0.3) is 5.91 Å². The first kappa shape index (κ1) is 38.2. The highest BCUT2D eigenvalue weighted by Gasteiger charge is 2.34. The summed E-state index contributed by atoms with van der Waals surface area (Å²) >= 11 is 0. The van der Waals surface area contributed by atoms with Crippen LogP contribution in [0.15, 0.2) is 115 Å². The molecule has 5 rings (SSSR count). The molecule has 0 aliphatic rings. The highest BCUT2D eigenvalue weighted by atomic mass is 19.4.